The van der Waals surface area contributed by atoms with Crippen molar-refractivity contribution in [2.45, 2.75) is 0 Å². The lowest BCUT2D eigenvalue weighted by Crippen LogP contribution is -1.95. The van der Waals surface area contributed by atoms with Crippen LogP contribution in [-0.4, -0.2) is 0 Å². The van der Waals surface area contributed by atoms with Crippen molar-refractivity contribution in [2.24, 2.45) is 0 Å². The third-order valence-electron chi connectivity index (χ3n) is 2.06. The average molecular weight is 237 g/mol. The summed E-state index contributed by atoms with van der Waals surface area (Å²) < 4.78 is 0.878. The molecular weight excluding hydrogens is 228 g/mol. The van der Waals surface area contributed by atoms with Crippen molar-refractivity contribution in [1.82, 2.24) is 0 Å². The van der Waals surface area contributed by atoms with Crippen molar-refractivity contribution in [3.05, 3.63) is 34.8 Å². The lowest BCUT2D eigenvalue weighted by Gasteiger charge is -2.06. The van der Waals surface area contributed by atoms with E-state index < -0.39 is 0 Å². The second kappa shape index (κ2) is 2.92. The number of halogens is 1. The topological polar surface area (TPSA) is 52.0 Å². The first-order valence-electron chi connectivity index (χ1n) is 3.92. The Morgan fingerprint density at radius 3 is 2.54 bits per heavy atom. The molecule has 2 nitrogen and oxygen atoms in total. The molecule has 2 aromatic carbocycles. The summed E-state index contributed by atoms with van der Waals surface area (Å²) in [6.07, 6.45) is 0. The lowest BCUT2D eigenvalue weighted by molar-refractivity contribution is 1.67. The number of anilines is 2. The maximum Gasteiger partial charge on any atom is 0.0698 e. The van der Waals surface area contributed by atoms with Gasteiger partial charge in [0.2, 0.25) is 0 Å². The van der Waals surface area contributed by atoms with Crippen LogP contribution in [0.1, 0.15) is 0 Å². The van der Waals surface area contributed by atoms with E-state index in [-0.39, 0.29) is 0 Å². The quantitative estimate of drug-likeness (QED) is 0.692. The largest absolute Gasteiger partial charge is 0.397 e. The summed E-state index contributed by atoms with van der Waals surface area (Å²) in [7, 11) is 0. The Labute approximate surface area is 84.7 Å². The van der Waals surface area contributed by atoms with E-state index in [9.17, 15) is 0 Å². The molecule has 0 aliphatic rings. The molecule has 66 valence electrons. The fourth-order valence-electron chi connectivity index (χ4n) is 1.34. The molecule has 0 spiro atoms. The van der Waals surface area contributed by atoms with Crippen LogP contribution in [0.5, 0.6) is 0 Å². The third kappa shape index (κ3) is 1.25. The average Bonchev–Trinajstić information content (AvgIpc) is 2.15. The van der Waals surface area contributed by atoms with E-state index in [1.165, 1.54) is 0 Å². The van der Waals surface area contributed by atoms with Gasteiger partial charge < -0.3 is 11.5 Å². The van der Waals surface area contributed by atoms with Crippen molar-refractivity contribution in [2.75, 3.05) is 11.5 Å². The summed E-state index contributed by atoms with van der Waals surface area (Å²) in [6.45, 7) is 0. The third-order valence-corrected chi connectivity index (χ3v) is 2.91. The Balaban J connectivity index is 2.94. The normalized spacial score (nSPS) is 10.5. The Morgan fingerprint density at radius 1 is 1.08 bits per heavy atom. The second-order valence-electron chi connectivity index (χ2n) is 2.91. The monoisotopic (exact) mass is 236 g/mol. The second-order valence-corrected chi connectivity index (χ2v) is 3.71. The minimum absolute atomic E-state index is 0.610. The smallest absolute Gasteiger partial charge is 0.0698 e. The molecule has 4 N–H and O–H groups in total. The van der Waals surface area contributed by atoms with E-state index in [1.807, 2.05) is 30.3 Å². The van der Waals surface area contributed by atoms with Crippen molar-refractivity contribution < 1.29 is 0 Å². The van der Waals surface area contributed by atoms with E-state index in [0.29, 0.717) is 11.4 Å². The van der Waals surface area contributed by atoms with Gasteiger partial charge in [-0.3, -0.25) is 0 Å². The van der Waals surface area contributed by atoms with Crippen LogP contribution in [0.4, 0.5) is 11.4 Å². The van der Waals surface area contributed by atoms with E-state index in [2.05, 4.69) is 15.9 Å². The van der Waals surface area contributed by atoms with E-state index in [1.54, 1.807) is 0 Å². The zero-order valence-corrected chi connectivity index (χ0v) is 8.51. The van der Waals surface area contributed by atoms with Crippen molar-refractivity contribution in [3.63, 3.8) is 0 Å². The molecule has 0 unspecified atom stereocenters. The van der Waals surface area contributed by atoms with Gasteiger partial charge in [0.1, 0.15) is 0 Å². The predicted molar refractivity (Wildman–Crippen MR) is 60.5 cm³/mol. The van der Waals surface area contributed by atoms with Gasteiger partial charge in [0, 0.05) is 0 Å². The number of nitrogen functional groups attached to an aromatic ring is 2. The molecule has 0 saturated carbocycles. The van der Waals surface area contributed by atoms with Crippen molar-refractivity contribution in [3.8, 4) is 0 Å². The first-order chi connectivity index (χ1) is 6.20. The summed E-state index contributed by atoms with van der Waals surface area (Å²) in [5.41, 5.74) is 12.7. The molecule has 0 bridgehead atoms. The summed E-state index contributed by atoms with van der Waals surface area (Å²) >= 11 is 3.43. The zero-order valence-electron chi connectivity index (χ0n) is 6.92. The van der Waals surface area contributed by atoms with Crippen LogP contribution in [-0.2, 0) is 0 Å². The van der Waals surface area contributed by atoms with Crippen LogP contribution in [0.15, 0.2) is 34.8 Å². The standard InChI is InChI=1S/C10H9BrN2/c11-9-7-4-2-1-3-6(7)5-8(12)10(9)13/h1-5H,12-13H2. The molecule has 2 rings (SSSR count). The van der Waals surface area contributed by atoms with Crippen LogP contribution >= 0.6 is 15.9 Å². The fourth-order valence-corrected chi connectivity index (χ4v) is 1.93. The molecule has 13 heavy (non-hydrogen) atoms. The first-order valence-corrected chi connectivity index (χ1v) is 4.71. The molecule has 0 saturated heterocycles. The SMILES string of the molecule is Nc1cc2ccccc2c(Br)c1N. The van der Waals surface area contributed by atoms with Gasteiger partial charge in [-0.05, 0) is 32.8 Å². The maximum absolute atomic E-state index is 5.78. The number of hydrogen-bond donors (Lipinski definition) is 2. The molecule has 0 amide bonds. The van der Waals surface area contributed by atoms with Crippen molar-refractivity contribution in [1.29, 1.82) is 0 Å². The number of benzene rings is 2. The van der Waals surface area contributed by atoms with Crippen LogP contribution < -0.4 is 11.5 Å². The number of rotatable bonds is 0. The van der Waals surface area contributed by atoms with Gasteiger partial charge in [0.05, 0.1) is 15.8 Å². The Morgan fingerprint density at radius 2 is 1.77 bits per heavy atom. The van der Waals surface area contributed by atoms with Gasteiger partial charge in [-0.25, -0.2) is 0 Å². The van der Waals surface area contributed by atoms with E-state index >= 15 is 0 Å². The van der Waals surface area contributed by atoms with Crippen LogP contribution in [0.2, 0.25) is 0 Å². The molecule has 0 heterocycles. The zero-order chi connectivity index (χ0) is 9.42. The molecule has 0 aliphatic carbocycles. The van der Waals surface area contributed by atoms with Gasteiger partial charge in [0.15, 0.2) is 0 Å². The van der Waals surface area contributed by atoms with Gasteiger partial charge >= 0.3 is 0 Å². The van der Waals surface area contributed by atoms with Gasteiger partial charge in [0.25, 0.3) is 0 Å². The summed E-state index contributed by atoms with van der Waals surface area (Å²) in [5, 5.41) is 2.19. The van der Waals surface area contributed by atoms with Gasteiger partial charge in [-0.15, -0.1) is 0 Å². The number of hydrogen-bond acceptors (Lipinski definition) is 2. The Bertz CT molecular complexity index is 466. The predicted octanol–water partition coefficient (Wildman–Crippen LogP) is 2.77. The van der Waals surface area contributed by atoms with E-state index in [4.69, 9.17) is 11.5 Å². The highest BCUT2D eigenvalue weighted by atomic mass is 79.9. The molecule has 0 aromatic heterocycles. The lowest BCUT2D eigenvalue weighted by atomic mass is 10.1. The minimum Gasteiger partial charge on any atom is -0.397 e. The highest BCUT2D eigenvalue weighted by molar-refractivity contribution is 9.10. The Kier molecular flexibility index (Phi) is 1.88. The maximum atomic E-state index is 5.78. The van der Waals surface area contributed by atoms with Crippen LogP contribution in [0, 0.1) is 0 Å². The molecule has 0 fully saturated rings. The number of nitrogens with two attached hydrogens (primary N) is 2. The minimum atomic E-state index is 0.610. The van der Waals surface area contributed by atoms with Crippen LogP contribution in [0.3, 0.4) is 0 Å². The van der Waals surface area contributed by atoms with Gasteiger partial charge in [-0.2, -0.15) is 0 Å². The number of fused-ring (bicyclic) bond motifs is 1. The summed E-state index contributed by atoms with van der Waals surface area (Å²) in [6, 6.07) is 9.85. The highest BCUT2D eigenvalue weighted by Crippen LogP contribution is 2.33. The van der Waals surface area contributed by atoms with Crippen LogP contribution in [0.25, 0.3) is 10.8 Å². The molecule has 0 atom stereocenters. The first kappa shape index (κ1) is 8.38. The van der Waals surface area contributed by atoms with E-state index in [0.717, 1.165) is 15.2 Å². The molecule has 2 aromatic rings. The fraction of sp³-hybridized carbons (Fsp3) is 0. The summed E-state index contributed by atoms with van der Waals surface area (Å²) in [4.78, 5) is 0. The van der Waals surface area contributed by atoms with Crippen molar-refractivity contribution >= 4 is 38.1 Å². The van der Waals surface area contributed by atoms with Gasteiger partial charge in [-0.1, -0.05) is 24.3 Å². The summed E-state index contributed by atoms with van der Waals surface area (Å²) in [5.74, 6) is 0. The molecule has 0 radical (unpaired) electrons. The molecule has 3 heteroatoms. The Hall–Kier alpha value is -1.22. The highest BCUT2D eigenvalue weighted by Gasteiger charge is 2.04. The molecule has 0 aliphatic heterocycles. The molecular formula is C10H9BrN2.